The standard InChI is InChI=1S/C20H22ClN3O2/c1-22-20(26)24-11-3-6-16(13-24)14-4-2-5-15(12-14)19(25)23-18-9-7-17(21)8-10-18/h2,4-5,7-10,12,16H,3,6,11,13H2,1H3,(H,22,26)(H,23,25). The largest absolute Gasteiger partial charge is 0.341 e. The lowest BCUT2D eigenvalue weighted by Crippen LogP contribution is -2.43. The van der Waals surface area contributed by atoms with Crippen LogP contribution in [0.5, 0.6) is 0 Å². The summed E-state index contributed by atoms with van der Waals surface area (Å²) < 4.78 is 0. The maximum atomic E-state index is 12.5. The molecule has 3 rings (SSSR count). The number of halogens is 1. The molecule has 1 aliphatic heterocycles. The Bertz CT molecular complexity index is 792. The highest BCUT2D eigenvalue weighted by Gasteiger charge is 2.24. The van der Waals surface area contributed by atoms with Crippen LogP contribution in [0.15, 0.2) is 48.5 Å². The molecule has 0 aliphatic carbocycles. The van der Waals surface area contributed by atoms with E-state index in [0.717, 1.165) is 24.9 Å². The van der Waals surface area contributed by atoms with E-state index in [4.69, 9.17) is 11.6 Å². The van der Waals surface area contributed by atoms with Gasteiger partial charge in [0.05, 0.1) is 0 Å². The summed E-state index contributed by atoms with van der Waals surface area (Å²) in [5.41, 5.74) is 2.39. The van der Waals surface area contributed by atoms with Crippen LogP contribution in [0.1, 0.15) is 34.7 Å². The average Bonchev–Trinajstić information content (AvgIpc) is 2.69. The first-order valence-electron chi connectivity index (χ1n) is 8.70. The van der Waals surface area contributed by atoms with Gasteiger partial charge in [-0.3, -0.25) is 4.79 Å². The highest BCUT2D eigenvalue weighted by molar-refractivity contribution is 6.30. The van der Waals surface area contributed by atoms with Gasteiger partial charge in [0.1, 0.15) is 0 Å². The molecule has 2 N–H and O–H groups in total. The first-order valence-corrected chi connectivity index (χ1v) is 9.08. The predicted octanol–water partition coefficient (Wildman–Crippen LogP) is 4.11. The zero-order valence-corrected chi connectivity index (χ0v) is 15.4. The maximum Gasteiger partial charge on any atom is 0.317 e. The van der Waals surface area contributed by atoms with Gasteiger partial charge in [0.25, 0.3) is 5.91 Å². The van der Waals surface area contributed by atoms with E-state index in [9.17, 15) is 9.59 Å². The number of benzene rings is 2. The molecule has 0 aromatic heterocycles. The summed E-state index contributed by atoms with van der Waals surface area (Å²) >= 11 is 5.87. The predicted molar refractivity (Wildman–Crippen MR) is 104 cm³/mol. The third-order valence-corrected chi connectivity index (χ3v) is 4.90. The van der Waals surface area contributed by atoms with Gasteiger partial charge in [-0.2, -0.15) is 0 Å². The number of nitrogens with one attached hydrogen (secondary N) is 2. The Labute approximate surface area is 158 Å². The Morgan fingerprint density at radius 3 is 2.65 bits per heavy atom. The van der Waals surface area contributed by atoms with Crippen molar-refractivity contribution in [1.82, 2.24) is 10.2 Å². The van der Waals surface area contributed by atoms with Gasteiger partial charge in [0, 0.05) is 42.3 Å². The van der Waals surface area contributed by atoms with Crippen molar-refractivity contribution in [3.63, 3.8) is 0 Å². The van der Waals surface area contributed by atoms with Crippen LogP contribution in [0.2, 0.25) is 5.02 Å². The first kappa shape index (κ1) is 18.3. The number of piperidine rings is 1. The summed E-state index contributed by atoms with van der Waals surface area (Å²) in [5.74, 6) is 0.0810. The monoisotopic (exact) mass is 371 g/mol. The van der Waals surface area contributed by atoms with Crippen LogP contribution in [-0.4, -0.2) is 37.0 Å². The molecule has 26 heavy (non-hydrogen) atoms. The molecule has 3 amide bonds. The van der Waals surface area contributed by atoms with Gasteiger partial charge in [0.2, 0.25) is 0 Å². The van der Waals surface area contributed by atoms with Crippen molar-refractivity contribution in [1.29, 1.82) is 0 Å². The molecule has 0 radical (unpaired) electrons. The molecule has 1 unspecified atom stereocenters. The van der Waals surface area contributed by atoms with E-state index in [2.05, 4.69) is 10.6 Å². The SMILES string of the molecule is CNC(=O)N1CCCC(c2cccc(C(=O)Nc3ccc(Cl)cc3)c2)C1. The van der Waals surface area contributed by atoms with Crippen LogP contribution in [0.3, 0.4) is 0 Å². The highest BCUT2D eigenvalue weighted by Crippen LogP contribution is 2.27. The van der Waals surface area contributed by atoms with Crippen molar-refractivity contribution in [2.24, 2.45) is 0 Å². The Morgan fingerprint density at radius 2 is 1.92 bits per heavy atom. The van der Waals surface area contributed by atoms with E-state index in [1.54, 1.807) is 37.4 Å². The molecule has 2 aromatic carbocycles. The number of likely N-dealkylation sites (tertiary alicyclic amines) is 1. The lowest BCUT2D eigenvalue weighted by atomic mass is 9.89. The summed E-state index contributed by atoms with van der Waals surface area (Å²) in [6.45, 7) is 1.44. The Kier molecular flexibility index (Phi) is 5.78. The number of carbonyl (C=O) groups is 2. The molecule has 0 bridgehead atoms. The molecule has 1 saturated heterocycles. The molecule has 2 aromatic rings. The molecule has 1 heterocycles. The van der Waals surface area contributed by atoms with Crippen LogP contribution >= 0.6 is 11.6 Å². The molecule has 1 aliphatic rings. The average molecular weight is 372 g/mol. The van der Waals surface area contributed by atoms with Crippen LogP contribution in [0, 0.1) is 0 Å². The minimum Gasteiger partial charge on any atom is -0.341 e. The number of hydrogen-bond donors (Lipinski definition) is 2. The number of nitrogens with zero attached hydrogens (tertiary/aromatic N) is 1. The summed E-state index contributed by atoms with van der Waals surface area (Å²) in [6, 6.07) is 14.6. The van der Waals surface area contributed by atoms with Crippen molar-refractivity contribution in [2.45, 2.75) is 18.8 Å². The quantitative estimate of drug-likeness (QED) is 0.852. The zero-order chi connectivity index (χ0) is 18.5. The van der Waals surface area contributed by atoms with E-state index < -0.39 is 0 Å². The van der Waals surface area contributed by atoms with E-state index >= 15 is 0 Å². The van der Waals surface area contributed by atoms with Gasteiger partial charge < -0.3 is 15.5 Å². The molecule has 136 valence electrons. The first-order chi connectivity index (χ1) is 12.6. The smallest absolute Gasteiger partial charge is 0.317 e. The number of anilines is 1. The van der Waals surface area contributed by atoms with Crippen molar-refractivity contribution in [3.05, 3.63) is 64.7 Å². The van der Waals surface area contributed by atoms with Gasteiger partial charge >= 0.3 is 6.03 Å². The molecular formula is C20H22ClN3O2. The fraction of sp³-hybridized carbons (Fsp3) is 0.300. The third kappa shape index (κ3) is 4.35. The Balaban J connectivity index is 1.72. The highest BCUT2D eigenvalue weighted by atomic mass is 35.5. The molecule has 0 spiro atoms. The van der Waals surface area contributed by atoms with E-state index in [0.29, 0.717) is 22.8 Å². The fourth-order valence-corrected chi connectivity index (χ4v) is 3.39. The van der Waals surface area contributed by atoms with Crippen molar-refractivity contribution >= 4 is 29.2 Å². The van der Waals surface area contributed by atoms with Crippen molar-refractivity contribution in [3.8, 4) is 0 Å². The van der Waals surface area contributed by atoms with Crippen molar-refractivity contribution < 1.29 is 9.59 Å². The Hall–Kier alpha value is -2.53. The number of carbonyl (C=O) groups excluding carboxylic acids is 2. The third-order valence-electron chi connectivity index (χ3n) is 4.64. The van der Waals surface area contributed by atoms with Crippen LogP contribution < -0.4 is 10.6 Å². The normalized spacial score (nSPS) is 16.8. The topological polar surface area (TPSA) is 61.4 Å². The number of amides is 3. The maximum absolute atomic E-state index is 12.5. The molecule has 1 fully saturated rings. The van der Waals surface area contributed by atoms with Crippen LogP contribution in [0.25, 0.3) is 0 Å². The van der Waals surface area contributed by atoms with E-state index in [1.165, 1.54) is 0 Å². The minimum atomic E-state index is -0.159. The molecule has 0 saturated carbocycles. The van der Waals surface area contributed by atoms with Crippen LogP contribution in [0.4, 0.5) is 10.5 Å². The van der Waals surface area contributed by atoms with Gasteiger partial charge in [-0.25, -0.2) is 4.79 Å². The second-order valence-corrected chi connectivity index (χ2v) is 6.86. The summed E-state index contributed by atoms with van der Waals surface area (Å²) in [7, 11) is 1.65. The lowest BCUT2D eigenvalue weighted by Gasteiger charge is -2.32. The van der Waals surface area contributed by atoms with E-state index in [1.807, 2.05) is 23.1 Å². The number of rotatable bonds is 3. The number of urea groups is 1. The summed E-state index contributed by atoms with van der Waals surface area (Å²) in [6.07, 6.45) is 1.97. The second-order valence-electron chi connectivity index (χ2n) is 6.43. The zero-order valence-electron chi connectivity index (χ0n) is 14.7. The van der Waals surface area contributed by atoms with Gasteiger partial charge in [-0.15, -0.1) is 0 Å². The minimum absolute atomic E-state index is 0.0497. The van der Waals surface area contributed by atoms with Gasteiger partial charge in [-0.05, 0) is 54.8 Å². The molecule has 6 heteroatoms. The summed E-state index contributed by atoms with van der Waals surface area (Å²) in [5, 5.41) is 6.19. The Morgan fingerprint density at radius 1 is 1.15 bits per heavy atom. The van der Waals surface area contributed by atoms with Gasteiger partial charge in [-0.1, -0.05) is 23.7 Å². The molecule has 1 atom stereocenters. The van der Waals surface area contributed by atoms with Gasteiger partial charge in [0.15, 0.2) is 0 Å². The second kappa shape index (κ2) is 8.23. The number of hydrogen-bond acceptors (Lipinski definition) is 2. The molecular weight excluding hydrogens is 350 g/mol. The lowest BCUT2D eigenvalue weighted by molar-refractivity contribution is 0.102. The van der Waals surface area contributed by atoms with Crippen molar-refractivity contribution in [2.75, 3.05) is 25.5 Å². The fourth-order valence-electron chi connectivity index (χ4n) is 3.26. The molecule has 5 nitrogen and oxygen atoms in total. The van der Waals surface area contributed by atoms with Crippen LogP contribution in [-0.2, 0) is 0 Å². The van der Waals surface area contributed by atoms with E-state index in [-0.39, 0.29) is 17.9 Å². The summed E-state index contributed by atoms with van der Waals surface area (Å²) in [4.78, 5) is 26.2.